The fraction of sp³-hybridized carbons (Fsp3) is 0.208. The van der Waals surface area contributed by atoms with Gasteiger partial charge in [-0.15, -0.1) is 22.7 Å². The van der Waals surface area contributed by atoms with E-state index in [1.54, 1.807) is 88.4 Å². The number of carbonyl (C=O) groups excluding carboxylic acids is 2. The maximum atomic E-state index is 13.6. The number of fused-ring (bicyclic) bond motifs is 2. The van der Waals surface area contributed by atoms with Crippen LogP contribution in [0.3, 0.4) is 0 Å². The molecule has 4 aromatic heterocycles. The van der Waals surface area contributed by atoms with Gasteiger partial charge < -0.3 is 28.4 Å². The van der Waals surface area contributed by atoms with Gasteiger partial charge in [0.05, 0.1) is 36.6 Å². The molecule has 0 fully saturated rings. The Morgan fingerprint density at radius 2 is 0.939 bits per heavy atom. The first-order valence-corrected chi connectivity index (χ1v) is 22.5. The van der Waals surface area contributed by atoms with Crippen molar-refractivity contribution in [1.29, 1.82) is 0 Å². The number of carbonyl (C=O) groups is 2. The number of halogens is 2. The van der Waals surface area contributed by atoms with E-state index in [1.165, 1.54) is 58.7 Å². The van der Waals surface area contributed by atoms with E-state index in [4.69, 9.17) is 51.6 Å². The van der Waals surface area contributed by atoms with E-state index < -0.39 is 23.1 Å². The lowest BCUT2D eigenvalue weighted by Crippen LogP contribution is -2.42. The monoisotopic (exact) mass is 966 g/mol. The summed E-state index contributed by atoms with van der Waals surface area (Å²) in [6, 6.07) is 28.3. The van der Waals surface area contributed by atoms with Crippen molar-refractivity contribution in [2.75, 3.05) is 27.4 Å². The molecule has 4 aromatic carbocycles. The van der Waals surface area contributed by atoms with Crippen molar-refractivity contribution in [3.05, 3.63) is 140 Å². The zero-order valence-electron chi connectivity index (χ0n) is 36.3. The fourth-order valence-corrected chi connectivity index (χ4v) is 9.05. The lowest BCUT2D eigenvalue weighted by molar-refractivity contribution is -0.185. The van der Waals surface area contributed by atoms with E-state index in [9.17, 15) is 19.2 Å². The Hall–Kier alpha value is -6.72. The smallest absolute Gasteiger partial charge is 0.418 e. The second kappa shape index (κ2) is 18.6. The number of aromatic nitrogens is 4. The maximum Gasteiger partial charge on any atom is 0.418 e. The van der Waals surface area contributed by atoms with Gasteiger partial charge in [-0.2, -0.15) is 0 Å². The Morgan fingerprint density at radius 1 is 0.561 bits per heavy atom. The van der Waals surface area contributed by atoms with Gasteiger partial charge in [0.1, 0.15) is 46.5 Å². The van der Waals surface area contributed by atoms with Crippen LogP contribution < -0.4 is 30.1 Å². The molecule has 4 heterocycles. The van der Waals surface area contributed by atoms with Crippen molar-refractivity contribution in [1.82, 2.24) is 19.1 Å². The van der Waals surface area contributed by atoms with E-state index in [-0.39, 0.29) is 24.3 Å². The highest BCUT2D eigenvalue weighted by Crippen LogP contribution is 2.36. The quantitative estimate of drug-likeness (QED) is 0.0751. The average molecular weight is 968 g/mol. The molecule has 0 unspecified atom stereocenters. The lowest BCUT2D eigenvalue weighted by Gasteiger charge is -2.28. The molecule has 0 aliphatic heterocycles. The van der Waals surface area contributed by atoms with Crippen molar-refractivity contribution in [2.45, 2.75) is 38.9 Å². The number of methoxy groups -OCH3 is 2. The van der Waals surface area contributed by atoms with Crippen LogP contribution in [0.25, 0.3) is 52.7 Å². The van der Waals surface area contributed by atoms with Crippen LogP contribution in [-0.4, -0.2) is 69.7 Å². The van der Waals surface area contributed by atoms with Crippen LogP contribution in [-0.2, 0) is 19.1 Å². The van der Waals surface area contributed by atoms with E-state index in [1.807, 2.05) is 36.4 Å². The van der Waals surface area contributed by atoms with Crippen LogP contribution in [0.4, 0.5) is 0 Å². The highest BCUT2D eigenvalue weighted by Gasteiger charge is 2.34. The van der Waals surface area contributed by atoms with Crippen LogP contribution in [0.5, 0.6) is 23.0 Å². The third-order valence-electron chi connectivity index (χ3n) is 10.0. The normalized spacial score (nSPS) is 11.7. The minimum Gasteiger partial charge on any atom is -0.493 e. The largest absolute Gasteiger partial charge is 0.493 e. The van der Waals surface area contributed by atoms with Crippen LogP contribution in [0.1, 0.15) is 27.7 Å². The molecule has 0 bridgehead atoms. The molecular weight excluding hydrogens is 928 g/mol. The number of hydrogen-bond donors (Lipinski definition) is 0. The number of hydrogen-bond acceptors (Lipinski definition) is 14. The molecule has 0 atom stereocenters. The fourth-order valence-electron chi connectivity index (χ4n) is 6.70. The van der Waals surface area contributed by atoms with Gasteiger partial charge in [0.25, 0.3) is 11.1 Å². The summed E-state index contributed by atoms with van der Waals surface area (Å²) in [6.45, 7) is 5.95. The number of thiophene rings is 2. The zero-order chi connectivity index (χ0) is 46.9. The molecule has 0 radical (unpaired) electrons. The molecule has 0 spiro atoms. The predicted octanol–water partition coefficient (Wildman–Crippen LogP) is 9.97. The number of ether oxygens (including phenoxy) is 6. The van der Waals surface area contributed by atoms with E-state index in [2.05, 4.69) is 9.97 Å². The molecule has 8 aromatic rings. The Morgan fingerprint density at radius 3 is 1.30 bits per heavy atom. The molecule has 0 saturated heterocycles. The summed E-state index contributed by atoms with van der Waals surface area (Å²) in [4.78, 5) is 64.0. The van der Waals surface area contributed by atoms with Crippen molar-refractivity contribution < 1.29 is 38.0 Å². The molecular formula is C48H40Cl2N4O10S2. The van der Waals surface area contributed by atoms with Gasteiger partial charge in [0, 0.05) is 31.9 Å². The minimum atomic E-state index is -1.30. The highest BCUT2D eigenvalue weighted by molar-refractivity contribution is 7.22. The predicted molar refractivity (Wildman–Crippen MR) is 256 cm³/mol. The zero-order valence-corrected chi connectivity index (χ0v) is 39.4. The van der Waals surface area contributed by atoms with Crippen molar-refractivity contribution in [2.24, 2.45) is 0 Å². The molecule has 0 N–H and O–H groups in total. The number of nitrogens with zero attached hydrogens (tertiary/aromatic N) is 4. The summed E-state index contributed by atoms with van der Waals surface area (Å²) in [6.07, 6.45) is 2.91. The van der Waals surface area contributed by atoms with Crippen LogP contribution in [0.15, 0.2) is 119 Å². The van der Waals surface area contributed by atoms with Crippen molar-refractivity contribution in [3.8, 4) is 55.3 Å². The number of benzene rings is 4. The first-order valence-electron chi connectivity index (χ1n) is 20.1. The average Bonchev–Trinajstić information content (AvgIpc) is 3.95. The number of esters is 2. The minimum absolute atomic E-state index is 0.173. The molecule has 0 saturated carbocycles. The standard InChI is InChI=1S/C48H40Cl2N4O10S2/c1-47(2,23-61-35-17-15-31(19-37(35)59-5)53-25-51-33-21-39(65-41(33)43(53)55)27-7-11-29(49)12-8-27)63-45(57)46(58)64-48(3,4)24-62-36-18-16-32(20-38(36)60-6)54-26-52-34-22-40(66-42(34)44(54)56)28-9-13-30(50)14-10-28/h7-22,25-26H,23-24H2,1-6H3. The summed E-state index contributed by atoms with van der Waals surface area (Å²) in [5, 5.41) is 1.23. The molecule has 0 aliphatic carbocycles. The first kappa shape index (κ1) is 45.8. The van der Waals surface area contributed by atoms with Gasteiger partial charge in [0.2, 0.25) is 0 Å². The van der Waals surface area contributed by atoms with Crippen LogP contribution in [0.2, 0.25) is 10.0 Å². The SMILES string of the molecule is COc1cc(-n2cnc3cc(-c4ccc(Cl)cc4)sc3c2=O)ccc1OCC(C)(C)OC(=O)C(=O)OC(C)(C)COc1ccc(-n2cnc3cc(-c4ccc(Cl)cc4)sc3c2=O)cc1OC. The maximum absolute atomic E-state index is 13.6. The summed E-state index contributed by atoms with van der Waals surface area (Å²) in [5.41, 5.74) is 0.865. The highest BCUT2D eigenvalue weighted by atomic mass is 35.5. The molecule has 0 amide bonds. The summed E-state index contributed by atoms with van der Waals surface area (Å²) >= 11 is 14.8. The Bertz CT molecular complexity index is 3030. The first-order chi connectivity index (χ1) is 31.5. The summed E-state index contributed by atoms with van der Waals surface area (Å²) in [7, 11) is 2.91. The van der Waals surface area contributed by atoms with Crippen LogP contribution >= 0.6 is 45.9 Å². The third-order valence-corrected chi connectivity index (χ3v) is 12.9. The van der Waals surface area contributed by atoms with Gasteiger partial charge in [-0.25, -0.2) is 19.6 Å². The lowest BCUT2D eigenvalue weighted by atomic mass is 10.1. The van der Waals surface area contributed by atoms with Gasteiger partial charge >= 0.3 is 11.9 Å². The van der Waals surface area contributed by atoms with Crippen LogP contribution in [0, 0.1) is 0 Å². The Labute approximate surface area is 395 Å². The summed E-state index contributed by atoms with van der Waals surface area (Å²) in [5.74, 6) is -1.27. The topological polar surface area (TPSA) is 159 Å². The Kier molecular flexibility index (Phi) is 12.9. The molecule has 338 valence electrons. The summed E-state index contributed by atoms with van der Waals surface area (Å²) < 4.78 is 38.0. The third kappa shape index (κ3) is 9.91. The molecule has 8 rings (SSSR count). The van der Waals surface area contributed by atoms with Gasteiger partial charge in [0.15, 0.2) is 23.0 Å². The molecule has 66 heavy (non-hydrogen) atoms. The molecule has 14 nitrogen and oxygen atoms in total. The molecule has 18 heteroatoms. The van der Waals surface area contributed by atoms with E-state index in [0.29, 0.717) is 64.9 Å². The second-order valence-corrected chi connectivity index (χ2v) is 19.0. The molecule has 0 aliphatic rings. The van der Waals surface area contributed by atoms with E-state index in [0.717, 1.165) is 20.9 Å². The second-order valence-electron chi connectivity index (χ2n) is 16.0. The number of rotatable bonds is 14. The Balaban J connectivity index is 0.869. The van der Waals surface area contributed by atoms with Gasteiger partial charge in [-0.1, -0.05) is 47.5 Å². The van der Waals surface area contributed by atoms with Gasteiger partial charge in [-0.3, -0.25) is 18.7 Å². The van der Waals surface area contributed by atoms with Gasteiger partial charge in [-0.05, 0) is 99.5 Å². The van der Waals surface area contributed by atoms with Crippen molar-refractivity contribution >= 4 is 78.2 Å². The van der Waals surface area contributed by atoms with Crippen molar-refractivity contribution in [3.63, 3.8) is 0 Å². The van der Waals surface area contributed by atoms with E-state index >= 15 is 0 Å².